The molecule has 1 amide bonds. The van der Waals surface area contributed by atoms with Gasteiger partial charge in [-0.3, -0.25) is 4.79 Å². The highest BCUT2D eigenvalue weighted by Crippen LogP contribution is 2.44. The summed E-state index contributed by atoms with van der Waals surface area (Å²) in [5.74, 6) is 0. The summed E-state index contributed by atoms with van der Waals surface area (Å²) in [4.78, 5) is 18.1. The maximum Gasteiger partial charge on any atom is 0.214 e. The molecular formula is C18H17ClN4O. The SMILES string of the molecule is Cc1ccc(-c2cn3nc(Cl)ccc3n2)cc1N(C=O)C1(C)CC1. The summed E-state index contributed by atoms with van der Waals surface area (Å²) < 4.78 is 1.66. The van der Waals surface area contributed by atoms with Crippen LogP contribution in [0, 0.1) is 6.92 Å². The Labute approximate surface area is 144 Å². The van der Waals surface area contributed by atoms with Crippen LogP contribution in [0.25, 0.3) is 16.9 Å². The minimum absolute atomic E-state index is 0.0564. The molecule has 1 fully saturated rings. The van der Waals surface area contributed by atoms with E-state index in [0.717, 1.165) is 47.4 Å². The summed E-state index contributed by atoms with van der Waals surface area (Å²) in [6.45, 7) is 4.14. The molecule has 1 saturated carbocycles. The Bertz CT molecular complexity index is 945. The molecule has 3 aromatic rings. The van der Waals surface area contributed by atoms with Crippen LogP contribution in [0.3, 0.4) is 0 Å². The van der Waals surface area contributed by atoms with Crippen molar-refractivity contribution in [2.24, 2.45) is 0 Å². The van der Waals surface area contributed by atoms with Crippen LogP contribution in [0.4, 0.5) is 5.69 Å². The first kappa shape index (κ1) is 15.1. The molecule has 1 aliphatic carbocycles. The Morgan fingerprint density at radius 2 is 2.08 bits per heavy atom. The summed E-state index contributed by atoms with van der Waals surface area (Å²) >= 11 is 5.93. The van der Waals surface area contributed by atoms with Gasteiger partial charge in [0, 0.05) is 16.8 Å². The number of rotatable bonds is 4. The van der Waals surface area contributed by atoms with Gasteiger partial charge in [-0.2, -0.15) is 5.10 Å². The van der Waals surface area contributed by atoms with Crippen molar-refractivity contribution >= 4 is 29.3 Å². The lowest BCUT2D eigenvalue weighted by Gasteiger charge is -2.27. The highest BCUT2D eigenvalue weighted by Gasteiger charge is 2.44. The molecule has 4 rings (SSSR count). The molecule has 0 N–H and O–H groups in total. The molecule has 1 aromatic carbocycles. The van der Waals surface area contributed by atoms with Gasteiger partial charge in [-0.1, -0.05) is 23.7 Å². The first-order chi connectivity index (χ1) is 11.5. The van der Waals surface area contributed by atoms with E-state index in [2.05, 4.69) is 17.0 Å². The summed E-state index contributed by atoms with van der Waals surface area (Å²) in [6, 6.07) is 9.61. The average molecular weight is 341 g/mol. The Balaban J connectivity index is 1.80. The van der Waals surface area contributed by atoms with Crippen LogP contribution < -0.4 is 4.90 Å². The first-order valence-electron chi connectivity index (χ1n) is 7.88. The monoisotopic (exact) mass is 340 g/mol. The van der Waals surface area contributed by atoms with Gasteiger partial charge in [-0.15, -0.1) is 0 Å². The van der Waals surface area contributed by atoms with Gasteiger partial charge in [0.15, 0.2) is 5.65 Å². The fourth-order valence-electron chi connectivity index (χ4n) is 2.92. The van der Waals surface area contributed by atoms with E-state index < -0.39 is 0 Å². The third-order valence-corrected chi connectivity index (χ3v) is 4.91. The zero-order valence-electron chi connectivity index (χ0n) is 13.5. The van der Waals surface area contributed by atoms with E-state index in [1.165, 1.54) is 0 Å². The molecule has 0 atom stereocenters. The van der Waals surface area contributed by atoms with Crippen LogP contribution in [0.2, 0.25) is 5.15 Å². The second-order valence-corrected chi connectivity index (χ2v) is 6.95. The molecule has 2 aromatic heterocycles. The number of anilines is 1. The van der Waals surface area contributed by atoms with Crippen molar-refractivity contribution in [1.29, 1.82) is 0 Å². The van der Waals surface area contributed by atoms with Crippen molar-refractivity contribution in [1.82, 2.24) is 14.6 Å². The number of hydrogen-bond acceptors (Lipinski definition) is 3. The summed E-state index contributed by atoms with van der Waals surface area (Å²) in [5.41, 5.74) is 4.44. The van der Waals surface area contributed by atoms with E-state index in [1.807, 2.05) is 42.3 Å². The van der Waals surface area contributed by atoms with Crippen LogP contribution in [0.1, 0.15) is 25.3 Å². The van der Waals surface area contributed by atoms with Crippen molar-refractivity contribution in [3.05, 3.63) is 47.2 Å². The van der Waals surface area contributed by atoms with E-state index in [4.69, 9.17) is 11.6 Å². The fourth-order valence-corrected chi connectivity index (χ4v) is 3.07. The summed E-state index contributed by atoms with van der Waals surface area (Å²) in [6.07, 6.45) is 4.85. The Hall–Kier alpha value is -2.40. The maximum absolute atomic E-state index is 11.7. The smallest absolute Gasteiger partial charge is 0.214 e. The van der Waals surface area contributed by atoms with Crippen molar-refractivity contribution in [3.8, 4) is 11.3 Å². The predicted octanol–water partition coefficient (Wildman–Crippen LogP) is 3.87. The molecule has 0 aliphatic heterocycles. The van der Waals surface area contributed by atoms with Gasteiger partial charge in [0.25, 0.3) is 0 Å². The number of aryl methyl sites for hydroxylation is 1. The molecule has 24 heavy (non-hydrogen) atoms. The largest absolute Gasteiger partial charge is 0.309 e. The van der Waals surface area contributed by atoms with Gasteiger partial charge < -0.3 is 4.90 Å². The van der Waals surface area contributed by atoms with Crippen molar-refractivity contribution < 1.29 is 4.79 Å². The average Bonchev–Trinajstić information content (AvgIpc) is 3.15. The van der Waals surface area contributed by atoms with E-state index in [1.54, 1.807) is 10.6 Å². The highest BCUT2D eigenvalue weighted by molar-refractivity contribution is 6.29. The number of fused-ring (bicyclic) bond motifs is 1. The van der Waals surface area contributed by atoms with Crippen molar-refractivity contribution in [2.45, 2.75) is 32.2 Å². The number of hydrogen-bond donors (Lipinski definition) is 0. The summed E-state index contributed by atoms with van der Waals surface area (Å²) in [7, 11) is 0. The molecule has 0 unspecified atom stereocenters. The number of amides is 1. The number of nitrogens with zero attached hydrogens (tertiary/aromatic N) is 4. The van der Waals surface area contributed by atoms with E-state index in [-0.39, 0.29) is 5.54 Å². The van der Waals surface area contributed by atoms with Crippen LogP contribution >= 0.6 is 11.6 Å². The Morgan fingerprint density at radius 3 is 2.79 bits per heavy atom. The van der Waals surface area contributed by atoms with Gasteiger partial charge in [0.05, 0.1) is 11.9 Å². The quantitative estimate of drug-likeness (QED) is 0.677. The molecule has 2 heterocycles. The Morgan fingerprint density at radius 1 is 1.29 bits per heavy atom. The van der Waals surface area contributed by atoms with Gasteiger partial charge in [-0.05, 0) is 50.5 Å². The van der Waals surface area contributed by atoms with Gasteiger partial charge >= 0.3 is 0 Å². The molecule has 0 spiro atoms. The van der Waals surface area contributed by atoms with E-state index >= 15 is 0 Å². The molecular weight excluding hydrogens is 324 g/mol. The second-order valence-electron chi connectivity index (χ2n) is 6.56. The standard InChI is InChI=1S/C18H17ClN4O/c1-12-3-4-13(9-15(12)22(11-24)18(2)7-8-18)14-10-23-17(20-14)6-5-16(19)21-23/h3-6,9-11H,7-8H2,1-2H3. The zero-order valence-corrected chi connectivity index (χ0v) is 14.3. The first-order valence-corrected chi connectivity index (χ1v) is 8.26. The fraction of sp³-hybridized carbons (Fsp3) is 0.278. The molecule has 0 radical (unpaired) electrons. The van der Waals surface area contributed by atoms with Crippen molar-refractivity contribution in [3.63, 3.8) is 0 Å². The normalized spacial score (nSPS) is 15.5. The number of benzene rings is 1. The van der Waals surface area contributed by atoms with E-state index in [0.29, 0.717) is 5.15 Å². The molecule has 0 saturated heterocycles. The third kappa shape index (κ3) is 2.45. The van der Waals surface area contributed by atoms with Crippen molar-refractivity contribution in [2.75, 3.05) is 4.90 Å². The van der Waals surface area contributed by atoms with Crippen LogP contribution in [0.15, 0.2) is 36.5 Å². The lowest BCUT2D eigenvalue weighted by Crippen LogP contribution is -2.34. The number of imidazole rings is 1. The van der Waals surface area contributed by atoms with Crippen LogP contribution in [-0.2, 0) is 4.79 Å². The zero-order chi connectivity index (χ0) is 16.9. The highest BCUT2D eigenvalue weighted by atomic mass is 35.5. The van der Waals surface area contributed by atoms with E-state index in [9.17, 15) is 4.79 Å². The van der Waals surface area contributed by atoms with Gasteiger partial charge in [0.2, 0.25) is 6.41 Å². The lowest BCUT2D eigenvalue weighted by molar-refractivity contribution is -0.108. The summed E-state index contributed by atoms with van der Waals surface area (Å²) in [5, 5.41) is 4.64. The number of carbonyl (C=O) groups is 1. The Kier molecular flexibility index (Phi) is 3.35. The molecule has 0 bridgehead atoms. The number of halogens is 1. The van der Waals surface area contributed by atoms with Crippen LogP contribution in [0.5, 0.6) is 0 Å². The number of aromatic nitrogens is 3. The topological polar surface area (TPSA) is 50.5 Å². The molecule has 1 aliphatic rings. The molecule has 122 valence electrons. The molecule has 6 heteroatoms. The lowest BCUT2D eigenvalue weighted by atomic mass is 10.1. The molecule has 5 nitrogen and oxygen atoms in total. The van der Waals surface area contributed by atoms with Crippen LogP contribution in [-0.4, -0.2) is 26.5 Å². The third-order valence-electron chi connectivity index (χ3n) is 4.71. The minimum Gasteiger partial charge on any atom is -0.309 e. The van der Waals surface area contributed by atoms with Gasteiger partial charge in [0.1, 0.15) is 5.15 Å². The predicted molar refractivity (Wildman–Crippen MR) is 94.4 cm³/mol. The second kappa shape index (κ2) is 5.31. The van der Waals surface area contributed by atoms with Gasteiger partial charge in [-0.25, -0.2) is 9.50 Å². The minimum atomic E-state index is -0.0564. The number of carbonyl (C=O) groups excluding carboxylic acids is 1. The maximum atomic E-state index is 11.7.